The van der Waals surface area contributed by atoms with Gasteiger partial charge < -0.3 is 5.32 Å². The highest BCUT2D eigenvalue weighted by molar-refractivity contribution is 5.21. The quantitative estimate of drug-likeness (QED) is 0.700. The first-order chi connectivity index (χ1) is 6.84. The molecular formula is C12H20N2. The summed E-state index contributed by atoms with van der Waals surface area (Å²) in [7, 11) is 0. The Hall–Kier alpha value is -0.890. The number of nitrogens with zero attached hydrogens (tertiary/aromatic N) is 1. The molecule has 0 radical (unpaired) electrons. The molecule has 0 aliphatic carbocycles. The van der Waals surface area contributed by atoms with E-state index in [1.54, 1.807) is 0 Å². The summed E-state index contributed by atoms with van der Waals surface area (Å²) in [6, 6.07) is 2.08. The monoisotopic (exact) mass is 192 g/mol. The predicted molar refractivity (Wildman–Crippen MR) is 60.5 cm³/mol. The molecule has 1 heterocycles. The fourth-order valence-electron chi connectivity index (χ4n) is 1.50. The van der Waals surface area contributed by atoms with Gasteiger partial charge in [0.15, 0.2) is 0 Å². The molecule has 0 aromatic carbocycles. The molecule has 2 nitrogen and oxygen atoms in total. The van der Waals surface area contributed by atoms with Gasteiger partial charge in [0.05, 0.1) is 0 Å². The smallest absolute Gasteiger partial charge is 0.0302 e. The lowest BCUT2D eigenvalue weighted by Gasteiger charge is -2.04. The Labute approximate surface area is 86.8 Å². The Morgan fingerprint density at radius 1 is 1.36 bits per heavy atom. The Morgan fingerprint density at radius 3 is 2.93 bits per heavy atom. The molecule has 2 heteroatoms. The van der Waals surface area contributed by atoms with E-state index in [1.165, 1.54) is 24.0 Å². The van der Waals surface area contributed by atoms with Crippen molar-refractivity contribution in [2.45, 2.75) is 33.1 Å². The van der Waals surface area contributed by atoms with Crippen molar-refractivity contribution in [1.29, 1.82) is 0 Å². The van der Waals surface area contributed by atoms with E-state index in [0.29, 0.717) is 0 Å². The predicted octanol–water partition coefficient (Wildman–Crippen LogP) is 2.32. The van der Waals surface area contributed by atoms with E-state index in [0.717, 1.165) is 19.5 Å². The number of hydrogen-bond acceptors (Lipinski definition) is 2. The molecule has 0 bridgehead atoms. The van der Waals surface area contributed by atoms with Crippen molar-refractivity contribution in [3.05, 3.63) is 29.6 Å². The van der Waals surface area contributed by atoms with Crippen LogP contribution in [0, 0.1) is 6.92 Å². The number of pyridine rings is 1. The molecule has 0 saturated carbocycles. The van der Waals surface area contributed by atoms with Gasteiger partial charge in [-0.25, -0.2) is 0 Å². The van der Waals surface area contributed by atoms with Crippen molar-refractivity contribution in [3.8, 4) is 0 Å². The maximum absolute atomic E-state index is 4.14. The van der Waals surface area contributed by atoms with Crippen LogP contribution in [0.2, 0.25) is 0 Å². The van der Waals surface area contributed by atoms with E-state index in [9.17, 15) is 0 Å². The highest BCUT2D eigenvalue weighted by Crippen LogP contribution is 2.08. The summed E-state index contributed by atoms with van der Waals surface area (Å²) in [5.41, 5.74) is 2.76. The summed E-state index contributed by atoms with van der Waals surface area (Å²) >= 11 is 0. The number of aromatic nitrogens is 1. The van der Waals surface area contributed by atoms with Crippen molar-refractivity contribution >= 4 is 0 Å². The van der Waals surface area contributed by atoms with Crippen LogP contribution in [-0.4, -0.2) is 18.1 Å². The molecule has 0 unspecified atom stereocenters. The molecule has 0 aliphatic rings. The standard InChI is InChI=1S/C12H20N2/c1-3-13-8-5-4-6-12-10-14-9-7-11(12)2/h7,9-10,13H,3-6,8H2,1-2H3. The normalized spacial score (nSPS) is 10.4. The molecule has 1 aromatic heterocycles. The molecule has 1 rings (SSSR count). The third kappa shape index (κ3) is 3.88. The molecule has 78 valence electrons. The lowest BCUT2D eigenvalue weighted by Crippen LogP contribution is -2.13. The van der Waals surface area contributed by atoms with Gasteiger partial charge in [0.25, 0.3) is 0 Å². The van der Waals surface area contributed by atoms with Gasteiger partial charge in [-0.05, 0) is 56.5 Å². The first-order valence-electron chi connectivity index (χ1n) is 5.44. The minimum atomic E-state index is 1.08. The van der Waals surface area contributed by atoms with Crippen LogP contribution in [0.25, 0.3) is 0 Å². The highest BCUT2D eigenvalue weighted by atomic mass is 14.8. The van der Waals surface area contributed by atoms with Gasteiger partial charge in [-0.15, -0.1) is 0 Å². The zero-order valence-electron chi connectivity index (χ0n) is 9.21. The number of hydrogen-bond donors (Lipinski definition) is 1. The van der Waals surface area contributed by atoms with Gasteiger partial charge in [-0.2, -0.15) is 0 Å². The van der Waals surface area contributed by atoms with E-state index in [1.807, 2.05) is 12.4 Å². The lowest BCUT2D eigenvalue weighted by molar-refractivity contribution is 0.639. The molecule has 0 aliphatic heterocycles. The van der Waals surface area contributed by atoms with Crippen LogP contribution in [-0.2, 0) is 6.42 Å². The van der Waals surface area contributed by atoms with E-state index in [4.69, 9.17) is 0 Å². The van der Waals surface area contributed by atoms with E-state index < -0.39 is 0 Å². The van der Waals surface area contributed by atoms with Crippen molar-refractivity contribution in [2.24, 2.45) is 0 Å². The number of aryl methyl sites for hydroxylation is 2. The summed E-state index contributed by atoms with van der Waals surface area (Å²) < 4.78 is 0. The van der Waals surface area contributed by atoms with Crippen molar-refractivity contribution < 1.29 is 0 Å². The minimum Gasteiger partial charge on any atom is -0.317 e. The molecule has 0 atom stereocenters. The lowest BCUT2D eigenvalue weighted by atomic mass is 10.1. The molecular weight excluding hydrogens is 172 g/mol. The highest BCUT2D eigenvalue weighted by Gasteiger charge is 1.96. The average Bonchev–Trinajstić information content (AvgIpc) is 2.20. The van der Waals surface area contributed by atoms with Gasteiger partial charge in [-0.1, -0.05) is 6.92 Å². The van der Waals surface area contributed by atoms with Crippen LogP contribution < -0.4 is 5.32 Å². The summed E-state index contributed by atoms with van der Waals surface area (Å²) in [5, 5.41) is 3.33. The minimum absolute atomic E-state index is 1.08. The summed E-state index contributed by atoms with van der Waals surface area (Å²) in [6.07, 6.45) is 7.51. The Balaban J connectivity index is 2.21. The van der Waals surface area contributed by atoms with Crippen LogP contribution in [0.15, 0.2) is 18.5 Å². The first-order valence-corrected chi connectivity index (χ1v) is 5.44. The Morgan fingerprint density at radius 2 is 2.21 bits per heavy atom. The van der Waals surface area contributed by atoms with Crippen LogP contribution in [0.3, 0.4) is 0 Å². The molecule has 0 amide bonds. The van der Waals surface area contributed by atoms with E-state index in [2.05, 4.69) is 30.2 Å². The fourth-order valence-corrected chi connectivity index (χ4v) is 1.50. The molecule has 1 aromatic rings. The number of rotatable bonds is 6. The van der Waals surface area contributed by atoms with Crippen LogP contribution in [0.4, 0.5) is 0 Å². The molecule has 14 heavy (non-hydrogen) atoms. The Kier molecular flexibility index (Phi) is 5.23. The largest absolute Gasteiger partial charge is 0.317 e. The van der Waals surface area contributed by atoms with Crippen molar-refractivity contribution in [3.63, 3.8) is 0 Å². The third-order valence-electron chi connectivity index (χ3n) is 2.45. The van der Waals surface area contributed by atoms with Gasteiger partial charge in [0.2, 0.25) is 0 Å². The maximum atomic E-state index is 4.14. The van der Waals surface area contributed by atoms with Gasteiger partial charge in [0, 0.05) is 12.4 Å². The second kappa shape index (κ2) is 6.55. The molecule has 0 saturated heterocycles. The zero-order chi connectivity index (χ0) is 10.2. The average molecular weight is 192 g/mol. The van der Waals surface area contributed by atoms with E-state index in [-0.39, 0.29) is 0 Å². The van der Waals surface area contributed by atoms with Crippen LogP contribution >= 0.6 is 0 Å². The fraction of sp³-hybridized carbons (Fsp3) is 0.583. The van der Waals surface area contributed by atoms with Gasteiger partial charge >= 0.3 is 0 Å². The number of nitrogens with one attached hydrogen (secondary N) is 1. The van der Waals surface area contributed by atoms with Crippen molar-refractivity contribution in [1.82, 2.24) is 10.3 Å². The molecule has 0 spiro atoms. The van der Waals surface area contributed by atoms with Gasteiger partial charge in [0.1, 0.15) is 0 Å². The second-order valence-electron chi connectivity index (χ2n) is 3.61. The first kappa shape index (κ1) is 11.2. The molecule has 1 N–H and O–H groups in total. The van der Waals surface area contributed by atoms with Crippen molar-refractivity contribution in [2.75, 3.05) is 13.1 Å². The van der Waals surface area contributed by atoms with Crippen LogP contribution in [0.5, 0.6) is 0 Å². The second-order valence-corrected chi connectivity index (χ2v) is 3.61. The third-order valence-corrected chi connectivity index (χ3v) is 2.45. The summed E-state index contributed by atoms with van der Waals surface area (Å²) in [5.74, 6) is 0. The van der Waals surface area contributed by atoms with Crippen LogP contribution in [0.1, 0.15) is 30.9 Å². The topological polar surface area (TPSA) is 24.9 Å². The van der Waals surface area contributed by atoms with Gasteiger partial charge in [-0.3, -0.25) is 4.98 Å². The SMILES string of the molecule is CCNCCCCc1cnccc1C. The summed E-state index contributed by atoms with van der Waals surface area (Å²) in [6.45, 7) is 6.51. The Bertz CT molecular complexity index is 258. The zero-order valence-corrected chi connectivity index (χ0v) is 9.21. The van der Waals surface area contributed by atoms with E-state index >= 15 is 0 Å². The molecule has 0 fully saturated rings. The summed E-state index contributed by atoms with van der Waals surface area (Å²) in [4.78, 5) is 4.14. The maximum Gasteiger partial charge on any atom is 0.0302 e. The number of unbranched alkanes of at least 4 members (excludes halogenated alkanes) is 1.